The molecule has 0 heterocycles. The van der Waals surface area contributed by atoms with Crippen molar-refractivity contribution < 1.29 is 12.8 Å². The van der Waals surface area contributed by atoms with E-state index in [1.165, 1.54) is 36.4 Å². The van der Waals surface area contributed by atoms with Gasteiger partial charge in [-0.25, -0.2) is 12.8 Å². The van der Waals surface area contributed by atoms with Crippen LogP contribution in [-0.2, 0) is 10.0 Å². The summed E-state index contributed by atoms with van der Waals surface area (Å²) in [6, 6.07) is 9.36. The van der Waals surface area contributed by atoms with E-state index in [2.05, 4.69) is 4.72 Å². The van der Waals surface area contributed by atoms with E-state index < -0.39 is 15.8 Å². The number of rotatable bonds is 3. The lowest BCUT2D eigenvalue weighted by Crippen LogP contribution is -2.13. The molecule has 0 spiro atoms. The summed E-state index contributed by atoms with van der Waals surface area (Å²) in [5.74, 6) is -0.544. The van der Waals surface area contributed by atoms with Crippen molar-refractivity contribution in [2.75, 3.05) is 4.72 Å². The average molecular weight is 320 g/mol. The quantitative estimate of drug-likeness (QED) is 0.931. The van der Waals surface area contributed by atoms with Crippen molar-refractivity contribution in [3.8, 4) is 0 Å². The Bertz CT molecular complexity index is 719. The van der Waals surface area contributed by atoms with Gasteiger partial charge in [0.25, 0.3) is 10.0 Å². The first kappa shape index (κ1) is 14.1. The molecule has 0 saturated carbocycles. The summed E-state index contributed by atoms with van der Waals surface area (Å²) in [6.45, 7) is 0. The van der Waals surface area contributed by atoms with Crippen LogP contribution < -0.4 is 4.72 Å². The molecule has 2 rings (SSSR count). The lowest BCUT2D eigenvalue weighted by atomic mass is 10.3. The highest BCUT2D eigenvalue weighted by molar-refractivity contribution is 7.92. The zero-order valence-corrected chi connectivity index (χ0v) is 11.7. The van der Waals surface area contributed by atoms with E-state index in [4.69, 9.17) is 23.2 Å². The van der Waals surface area contributed by atoms with Crippen molar-refractivity contribution in [1.29, 1.82) is 0 Å². The second-order valence-electron chi connectivity index (χ2n) is 3.67. The molecular weight excluding hydrogens is 312 g/mol. The topological polar surface area (TPSA) is 46.2 Å². The molecule has 2 aromatic carbocycles. The normalized spacial score (nSPS) is 11.3. The highest BCUT2D eigenvalue weighted by Gasteiger charge is 2.19. The maximum Gasteiger partial charge on any atom is 0.263 e. The Morgan fingerprint density at radius 2 is 1.74 bits per heavy atom. The molecule has 0 saturated heterocycles. The van der Waals surface area contributed by atoms with Gasteiger partial charge < -0.3 is 0 Å². The summed E-state index contributed by atoms with van der Waals surface area (Å²) in [6.07, 6.45) is 0. The van der Waals surface area contributed by atoms with Crippen LogP contribution in [-0.4, -0.2) is 8.42 Å². The van der Waals surface area contributed by atoms with Gasteiger partial charge in [0.15, 0.2) is 0 Å². The molecular formula is C12H8Cl2FNO2S. The molecule has 0 aromatic heterocycles. The Balaban J connectivity index is 2.41. The van der Waals surface area contributed by atoms with Gasteiger partial charge in [0, 0.05) is 0 Å². The summed E-state index contributed by atoms with van der Waals surface area (Å²) in [4.78, 5) is -0.161. The number of hydrogen-bond donors (Lipinski definition) is 1. The minimum atomic E-state index is -3.92. The Morgan fingerprint density at radius 1 is 1.05 bits per heavy atom. The van der Waals surface area contributed by atoms with Gasteiger partial charge in [-0.3, -0.25) is 4.72 Å². The van der Waals surface area contributed by atoms with E-state index in [0.717, 1.165) is 6.07 Å². The Kier molecular flexibility index (Phi) is 3.99. The molecule has 0 bridgehead atoms. The predicted molar refractivity (Wildman–Crippen MR) is 73.7 cm³/mol. The zero-order valence-electron chi connectivity index (χ0n) is 9.40. The van der Waals surface area contributed by atoms with E-state index >= 15 is 0 Å². The molecule has 0 aliphatic carbocycles. The molecule has 2 aromatic rings. The first-order valence-electron chi connectivity index (χ1n) is 5.12. The molecule has 0 aliphatic heterocycles. The fourth-order valence-electron chi connectivity index (χ4n) is 1.45. The molecule has 19 heavy (non-hydrogen) atoms. The monoisotopic (exact) mass is 319 g/mol. The average Bonchev–Trinajstić information content (AvgIpc) is 2.32. The Morgan fingerprint density at radius 3 is 2.42 bits per heavy atom. The number of sulfonamides is 1. The lowest BCUT2D eigenvalue weighted by molar-refractivity contribution is 0.601. The van der Waals surface area contributed by atoms with Gasteiger partial charge in [0.1, 0.15) is 10.7 Å². The SMILES string of the molecule is O=S(=O)(Nc1cccc(F)c1)c1cccc(Cl)c1Cl. The third-order valence-electron chi connectivity index (χ3n) is 2.28. The van der Waals surface area contributed by atoms with Crippen molar-refractivity contribution in [3.05, 3.63) is 58.3 Å². The molecule has 3 nitrogen and oxygen atoms in total. The molecule has 1 N–H and O–H groups in total. The number of hydrogen-bond acceptors (Lipinski definition) is 2. The minimum absolute atomic E-state index is 0.0759. The van der Waals surface area contributed by atoms with Crippen molar-refractivity contribution in [1.82, 2.24) is 0 Å². The predicted octanol–water partition coefficient (Wildman–Crippen LogP) is 3.93. The number of anilines is 1. The van der Waals surface area contributed by atoms with Crippen molar-refractivity contribution >= 4 is 38.9 Å². The van der Waals surface area contributed by atoms with Crippen LogP contribution in [0.15, 0.2) is 47.4 Å². The van der Waals surface area contributed by atoms with E-state index in [9.17, 15) is 12.8 Å². The van der Waals surface area contributed by atoms with Crippen LogP contribution in [0.3, 0.4) is 0 Å². The van der Waals surface area contributed by atoms with Crippen LogP contribution in [0.1, 0.15) is 0 Å². The van der Waals surface area contributed by atoms with E-state index in [-0.39, 0.29) is 20.6 Å². The van der Waals surface area contributed by atoms with Crippen LogP contribution in [0.2, 0.25) is 10.0 Å². The molecule has 0 unspecified atom stereocenters. The first-order valence-corrected chi connectivity index (χ1v) is 7.36. The van der Waals surface area contributed by atoms with Crippen molar-refractivity contribution in [2.24, 2.45) is 0 Å². The molecule has 0 fully saturated rings. The smallest absolute Gasteiger partial charge is 0.263 e. The summed E-state index contributed by atoms with van der Waals surface area (Å²) in [7, 11) is -3.92. The summed E-state index contributed by atoms with van der Waals surface area (Å²) < 4.78 is 39.5. The third kappa shape index (κ3) is 3.18. The maximum absolute atomic E-state index is 13.0. The number of benzene rings is 2. The molecule has 0 aliphatic rings. The van der Waals surface area contributed by atoms with Crippen LogP contribution in [0, 0.1) is 5.82 Å². The Hall–Kier alpha value is -1.30. The third-order valence-corrected chi connectivity index (χ3v) is 4.64. The summed E-state index contributed by atoms with van der Waals surface area (Å²) >= 11 is 11.6. The molecule has 0 radical (unpaired) electrons. The first-order chi connectivity index (χ1) is 8.90. The van der Waals surface area contributed by atoms with E-state index in [1.54, 1.807) is 0 Å². The molecule has 100 valence electrons. The largest absolute Gasteiger partial charge is 0.279 e. The fourth-order valence-corrected chi connectivity index (χ4v) is 3.27. The highest BCUT2D eigenvalue weighted by Crippen LogP contribution is 2.30. The van der Waals surface area contributed by atoms with E-state index in [1.807, 2.05) is 0 Å². The summed E-state index contributed by atoms with van der Waals surface area (Å²) in [5.41, 5.74) is 0.107. The van der Waals surface area contributed by atoms with Gasteiger partial charge in [-0.2, -0.15) is 0 Å². The van der Waals surface area contributed by atoms with Gasteiger partial charge in [-0.1, -0.05) is 35.3 Å². The standard InChI is InChI=1S/C12H8Cl2FNO2S/c13-10-5-2-6-11(12(10)14)19(17,18)16-9-4-1-3-8(15)7-9/h1-7,16H. The number of halogens is 3. The van der Waals surface area contributed by atoms with Crippen LogP contribution in [0.25, 0.3) is 0 Å². The summed E-state index contributed by atoms with van der Waals surface area (Å²) in [5, 5.41) is 0.0526. The van der Waals surface area contributed by atoms with E-state index in [0.29, 0.717) is 0 Å². The van der Waals surface area contributed by atoms with Crippen LogP contribution in [0.5, 0.6) is 0 Å². The lowest BCUT2D eigenvalue weighted by Gasteiger charge is -2.10. The minimum Gasteiger partial charge on any atom is -0.279 e. The maximum atomic E-state index is 13.0. The van der Waals surface area contributed by atoms with Gasteiger partial charge in [0.05, 0.1) is 15.7 Å². The zero-order chi connectivity index (χ0) is 14.0. The molecule has 0 atom stereocenters. The second-order valence-corrected chi connectivity index (χ2v) is 6.10. The van der Waals surface area contributed by atoms with Crippen LogP contribution in [0.4, 0.5) is 10.1 Å². The van der Waals surface area contributed by atoms with Gasteiger partial charge in [-0.05, 0) is 30.3 Å². The second kappa shape index (κ2) is 5.36. The van der Waals surface area contributed by atoms with Crippen LogP contribution >= 0.6 is 23.2 Å². The van der Waals surface area contributed by atoms with Gasteiger partial charge in [-0.15, -0.1) is 0 Å². The Labute approximate surface area is 120 Å². The van der Waals surface area contributed by atoms with Gasteiger partial charge >= 0.3 is 0 Å². The molecule has 7 heteroatoms. The number of nitrogens with one attached hydrogen (secondary N) is 1. The van der Waals surface area contributed by atoms with Crippen molar-refractivity contribution in [3.63, 3.8) is 0 Å². The van der Waals surface area contributed by atoms with Gasteiger partial charge in [0.2, 0.25) is 0 Å². The fraction of sp³-hybridized carbons (Fsp3) is 0. The highest BCUT2D eigenvalue weighted by atomic mass is 35.5. The molecule has 0 amide bonds. The van der Waals surface area contributed by atoms with Crippen molar-refractivity contribution in [2.45, 2.75) is 4.90 Å².